The number of aryl methyl sites for hydroxylation is 1. The van der Waals surface area contributed by atoms with Crippen LogP contribution in [0.5, 0.6) is 0 Å². The number of aromatic nitrogens is 1. The van der Waals surface area contributed by atoms with Crippen molar-refractivity contribution in [1.82, 2.24) is 9.88 Å². The molecule has 1 aliphatic heterocycles. The number of nitrogens with zero attached hydrogens (tertiary/aromatic N) is 3. The lowest BCUT2D eigenvalue weighted by molar-refractivity contribution is -0.112. The Labute approximate surface area is 169 Å². The van der Waals surface area contributed by atoms with Gasteiger partial charge in [-0.05, 0) is 37.6 Å². The molecule has 0 fully saturated rings. The second-order valence-corrected chi connectivity index (χ2v) is 8.03. The van der Waals surface area contributed by atoms with E-state index in [9.17, 15) is 10.1 Å². The predicted octanol–water partition coefficient (Wildman–Crippen LogP) is 3.93. The molecule has 0 atom stereocenters. The third-order valence-electron chi connectivity index (χ3n) is 4.66. The molecule has 0 bridgehead atoms. The molecule has 2 heterocycles. The van der Waals surface area contributed by atoms with E-state index in [1.54, 1.807) is 11.3 Å². The Morgan fingerprint density at radius 1 is 1.39 bits per heavy atom. The smallest absolute Gasteiger partial charge is 0.267 e. The highest BCUT2D eigenvalue weighted by Crippen LogP contribution is 2.27. The van der Waals surface area contributed by atoms with Crippen molar-refractivity contribution in [3.05, 3.63) is 52.2 Å². The quantitative estimate of drug-likeness (QED) is 0.548. The number of unbranched alkanes of at least 4 members (excludes halogenated alkanes) is 1. The van der Waals surface area contributed by atoms with Crippen LogP contribution in [-0.4, -0.2) is 29.4 Å². The fourth-order valence-corrected chi connectivity index (χ4v) is 4.06. The van der Waals surface area contributed by atoms with Crippen molar-refractivity contribution >= 4 is 28.1 Å². The van der Waals surface area contributed by atoms with Gasteiger partial charge >= 0.3 is 0 Å². The summed E-state index contributed by atoms with van der Waals surface area (Å²) in [5.41, 5.74) is 3.04. The molecule has 146 valence electrons. The Morgan fingerprint density at radius 2 is 2.18 bits per heavy atom. The predicted molar refractivity (Wildman–Crippen MR) is 113 cm³/mol. The number of hydrogen-bond acceptors (Lipinski definition) is 6. The summed E-state index contributed by atoms with van der Waals surface area (Å²) in [5.74, 6) is -0.433. The molecular formula is C21H25N5OS. The van der Waals surface area contributed by atoms with E-state index in [0.717, 1.165) is 44.5 Å². The first-order valence-electron chi connectivity index (χ1n) is 9.53. The zero-order valence-electron chi connectivity index (χ0n) is 16.3. The van der Waals surface area contributed by atoms with E-state index in [0.29, 0.717) is 10.8 Å². The first kappa shape index (κ1) is 20.1. The molecule has 0 aliphatic carbocycles. The van der Waals surface area contributed by atoms with Crippen LogP contribution in [-0.2, 0) is 24.2 Å². The molecule has 0 spiro atoms. The van der Waals surface area contributed by atoms with Crippen LogP contribution in [0.1, 0.15) is 35.9 Å². The maximum atomic E-state index is 12.4. The highest BCUT2D eigenvalue weighted by atomic mass is 32.1. The third kappa shape index (κ3) is 5.18. The second-order valence-electron chi connectivity index (χ2n) is 6.95. The van der Waals surface area contributed by atoms with Gasteiger partial charge in [0.25, 0.3) is 5.91 Å². The van der Waals surface area contributed by atoms with E-state index in [-0.39, 0.29) is 5.57 Å². The maximum Gasteiger partial charge on any atom is 0.267 e. The Kier molecular flexibility index (Phi) is 6.80. The van der Waals surface area contributed by atoms with Crippen molar-refractivity contribution < 1.29 is 4.79 Å². The van der Waals surface area contributed by atoms with E-state index in [2.05, 4.69) is 34.5 Å². The molecule has 0 unspecified atom stereocenters. The fourth-order valence-electron chi connectivity index (χ4n) is 3.00. The monoisotopic (exact) mass is 395 g/mol. The Morgan fingerprint density at radius 3 is 2.89 bits per heavy atom. The second kappa shape index (κ2) is 9.49. The normalized spacial score (nSPS) is 14.2. The van der Waals surface area contributed by atoms with Gasteiger partial charge in [0.05, 0.1) is 5.69 Å². The summed E-state index contributed by atoms with van der Waals surface area (Å²) in [4.78, 5) is 20.4. The molecule has 1 aromatic heterocycles. The Hall–Kier alpha value is -2.69. The molecule has 6 nitrogen and oxygen atoms in total. The number of rotatable bonds is 7. The lowest BCUT2D eigenvalue weighted by Gasteiger charge is -2.20. The molecular weight excluding hydrogens is 370 g/mol. The van der Waals surface area contributed by atoms with E-state index in [1.807, 2.05) is 30.3 Å². The molecule has 1 amide bonds. The first-order valence-corrected chi connectivity index (χ1v) is 10.3. The fraction of sp³-hybridized carbons (Fsp3) is 0.381. The number of carbonyl (C=O) groups excluding carboxylic acids is 1. The van der Waals surface area contributed by atoms with E-state index < -0.39 is 5.91 Å². The van der Waals surface area contributed by atoms with E-state index in [4.69, 9.17) is 0 Å². The van der Waals surface area contributed by atoms with Gasteiger partial charge in [-0.25, -0.2) is 4.98 Å². The Balaban J connectivity index is 1.61. The molecule has 28 heavy (non-hydrogen) atoms. The van der Waals surface area contributed by atoms with Crippen LogP contribution in [0.25, 0.3) is 0 Å². The van der Waals surface area contributed by atoms with E-state index >= 15 is 0 Å². The third-order valence-corrected chi connectivity index (χ3v) is 5.67. The summed E-state index contributed by atoms with van der Waals surface area (Å²) in [6.45, 7) is 4.05. The number of hydrogen-bond donors (Lipinski definition) is 2. The molecule has 0 saturated heterocycles. The molecule has 1 aromatic carbocycles. The SMILES string of the molecule is CCCCc1ccc(NC(=O)/C(C#N)=C\Nc2nc3c(s2)CN(C)CC3)cc1. The number of carbonyl (C=O) groups is 1. The lowest BCUT2D eigenvalue weighted by atomic mass is 10.1. The minimum Gasteiger partial charge on any atom is -0.337 e. The number of amides is 1. The molecule has 0 saturated carbocycles. The standard InChI is InChI=1S/C21H25N5OS/c1-3-4-5-15-6-8-17(9-7-15)24-20(27)16(12-22)13-23-21-25-18-10-11-26(2)14-19(18)28-21/h6-9,13H,3-5,10-11,14H2,1-2H3,(H,23,25)(H,24,27)/b16-13-. The van der Waals surface area contributed by atoms with Gasteiger partial charge in [0.15, 0.2) is 5.13 Å². The van der Waals surface area contributed by atoms with Crippen molar-refractivity contribution in [3.63, 3.8) is 0 Å². The van der Waals surface area contributed by atoms with Gasteiger partial charge in [0.1, 0.15) is 11.6 Å². The van der Waals surface area contributed by atoms with Crippen molar-refractivity contribution in [1.29, 1.82) is 5.26 Å². The molecule has 3 rings (SSSR count). The van der Waals surface area contributed by atoms with E-state index in [1.165, 1.54) is 16.6 Å². The van der Waals surface area contributed by atoms with Gasteiger partial charge in [-0.3, -0.25) is 4.79 Å². The summed E-state index contributed by atoms with van der Waals surface area (Å²) >= 11 is 1.57. The number of thiazole rings is 1. The summed E-state index contributed by atoms with van der Waals surface area (Å²) in [7, 11) is 2.09. The van der Waals surface area contributed by atoms with Crippen molar-refractivity contribution in [2.75, 3.05) is 24.2 Å². The molecule has 7 heteroatoms. The lowest BCUT2D eigenvalue weighted by Crippen LogP contribution is -2.25. The Bertz CT molecular complexity index is 895. The molecule has 2 aromatic rings. The number of benzene rings is 1. The van der Waals surface area contributed by atoms with Crippen LogP contribution >= 0.6 is 11.3 Å². The minimum atomic E-state index is -0.433. The summed E-state index contributed by atoms with van der Waals surface area (Å²) in [6.07, 6.45) is 5.69. The van der Waals surface area contributed by atoms with Crippen LogP contribution in [0.15, 0.2) is 36.0 Å². The van der Waals surface area contributed by atoms with Crippen LogP contribution in [0.3, 0.4) is 0 Å². The number of anilines is 2. The highest BCUT2D eigenvalue weighted by molar-refractivity contribution is 7.15. The molecule has 1 aliphatic rings. The van der Waals surface area contributed by atoms with Crippen LogP contribution < -0.4 is 10.6 Å². The summed E-state index contributed by atoms with van der Waals surface area (Å²) in [6, 6.07) is 9.72. The largest absolute Gasteiger partial charge is 0.337 e. The topological polar surface area (TPSA) is 81.0 Å². The number of fused-ring (bicyclic) bond motifs is 1. The van der Waals surface area contributed by atoms with Gasteiger partial charge < -0.3 is 15.5 Å². The number of nitriles is 1. The van der Waals surface area contributed by atoms with Gasteiger partial charge in [-0.2, -0.15) is 5.26 Å². The minimum absolute atomic E-state index is 0.0142. The van der Waals surface area contributed by atoms with Gasteiger partial charge in [0.2, 0.25) is 0 Å². The molecule has 2 N–H and O–H groups in total. The average molecular weight is 396 g/mol. The van der Waals surface area contributed by atoms with Crippen molar-refractivity contribution in [2.24, 2.45) is 0 Å². The average Bonchev–Trinajstić information content (AvgIpc) is 3.09. The zero-order chi connectivity index (χ0) is 19.9. The highest BCUT2D eigenvalue weighted by Gasteiger charge is 2.18. The number of likely N-dealkylation sites (N-methyl/N-ethyl adjacent to an activating group) is 1. The molecule has 0 radical (unpaired) electrons. The first-order chi connectivity index (χ1) is 13.6. The van der Waals surface area contributed by atoms with Crippen molar-refractivity contribution in [2.45, 2.75) is 39.2 Å². The van der Waals surface area contributed by atoms with Crippen molar-refractivity contribution in [3.8, 4) is 6.07 Å². The zero-order valence-corrected chi connectivity index (χ0v) is 17.1. The number of nitrogens with one attached hydrogen (secondary N) is 2. The van der Waals surface area contributed by atoms with Crippen LogP contribution in [0.2, 0.25) is 0 Å². The summed E-state index contributed by atoms with van der Waals surface area (Å²) < 4.78 is 0. The van der Waals surface area contributed by atoms with Crippen LogP contribution in [0.4, 0.5) is 10.8 Å². The van der Waals surface area contributed by atoms with Gasteiger partial charge in [-0.15, -0.1) is 11.3 Å². The van der Waals surface area contributed by atoms with Gasteiger partial charge in [-0.1, -0.05) is 25.5 Å². The maximum absolute atomic E-state index is 12.4. The van der Waals surface area contributed by atoms with Crippen LogP contribution in [0, 0.1) is 11.3 Å². The van der Waals surface area contributed by atoms with Gasteiger partial charge in [0, 0.05) is 36.3 Å². The summed E-state index contributed by atoms with van der Waals surface area (Å²) in [5, 5.41) is 15.8.